The molecule has 0 radical (unpaired) electrons. The first-order valence-electron chi connectivity index (χ1n) is 6.40. The molecule has 4 heterocycles. The van der Waals surface area contributed by atoms with Gasteiger partial charge in [0.15, 0.2) is 0 Å². The average Bonchev–Trinajstić information content (AvgIpc) is 3.08. The Labute approximate surface area is 154 Å². The maximum Gasteiger partial charge on any atom is 0.206 e. The Morgan fingerprint density at radius 2 is 1.20 bits per heavy atom. The molecule has 0 aliphatic carbocycles. The molecule has 0 aromatic carbocycles. The van der Waals surface area contributed by atoms with Crippen molar-refractivity contribution in [3.8, 4) is 0 Å². The van der Waals surface area contributed by atoms with E-state index in [0.717, 1.165) is 0 Å². The minimum absolute atomic E-state index is 1.31. The average molecular weight is 414 g/mol. The van der Waals surface area contributed by atoms with Gasteiger partial charge < -0.3 is 0 Å². The molecular formula is C12H13S8+. The normalized spacial score (nSPS) is 27.6. The summed E-state index contributed by atoms with van der Waals surface area (Å²) in [6.07, 6.45) is 2.75. The van der Waals surface area contributed by atoms with Crippen molar-refractivity contribution in [1.29, 1.82) is 0 Å². The van der Waals surface area contributed by atoms with E-state index < -0.39 is 0 Å². The summed E-state index contributed by atoms with van der Waals surface area (Å²) in [5, 5.41) is 0. The quantitative estimate of drug-likeness (QED) is 0.340. The molecular weight excluding hydrogens is 401 g/mol. The third-order valence-electron chi connectivity index (χ3n) is 2.80. The van der Waals surface area contributed by atoms with Gasteiger partial charge in [0.05, 0.1) is 16.9 Å². The molecule has 4 aliphatic rings. The first-order valence-corrected chi connectivity index (χ1v) is 13.7. The number of thioether (sulfide) groups is 7. The number of hydrogen-bond donors (Lipinski definition) is 0. The van der Waals surface area contributed by atoms with Gasteiger partial charge in [-0.05, 0) is 17.9 Å². The van der Waals surface area contributed by atoms with Crippen molar-refractivity contribution in [1.82, 2.24) is 0 Å². The molecule has 0 aromatic rings. The van der Waals surface area contributed by atoms with Gasteiger partial charge in [-0.15, -0.1) is 23.5 Å². The Kier molecular flexibility index (Phi) is 5.66. The van der Waals surface area contributed by atoms with E-state index in [4.69, 9.17) is 0 Å². The van der Waals surface area contributed by atoms with Crippen molar-refractivity contribution >= 4 is 94.1 Å². The second kappa shape index (κ2) is 7.28. The summed E-state index contributed by atoms with van der Waals surface area (Å²) in [6, 6.07) is 0. The van der Waals surface area contributed by atoms with Gasteiger partial charge in [-0.1, -0.05) is 58.8 Å². The fraction of sp³-hybridized carbons (Fsp3) is 0.500. The number of hydrogen-bond acceptors (Lipinski definition) is 7. The Morgan fingerprint density at radius 3 is 1.85 bits per heavy atom. The zero-order valence-corrected chi connectivity index (χ0v) is 17.2. The topological polar surface area (TPSA) is 0 Å². The Balaban J connectivity index is 1.46. The van der Waals surface area contributed by atoms with Gasteiger partial charge in [0.2, 0.25) is 4.24 Å². The van der Waals surface area contributed by atoms with Crippen LogP contribution in [0.3, 0.4) is 0 Å². The van der Waals surface area contributed by atoms with Crippen LogP contribution < -0.4 is 0 Å². The van der Waals surface area contributed by atoms with E-state index in [1.54, 1.807) is 37.2 Å². The lowest BCUT2D eigenvalue weighted by Gasteiger charge is -2.15. The first kappa shape index (κ1) is 15.5. The molecule has 0 amide bonds. The molecule has 4 aliphatic heterocycles. The molecule has 0 nitrogen and oxygen atoms in total. The molecule has 2 fully saturated rings. The summed E-state index contributed by atoms with van der Waals surface area (Å²) in [7, 11) is 0. The fourth-order valence-electron chi connectivity index (χ4n) is 1.89. The minimum Gasteiger partial charge on any atom is -0.118 e. The maximum absolute atomic E-state index is 2.09. The minimum atomic E-state index is 1.31. The molecule has 0 N–H and O–H groups in total. The third kappa shape index (κ3) is 3.42. The van der Waals surface area contributed by atoms with Gasteiger partial charge in [-0.2, -0.15) is 0 Å². The molecule has 0 aromatic heterocycles. The lowest BCUT2D eigenvalue weighted by Crippen LogP contribution is -2.01. The van der Waals surface area contributed by atoms with E-state index in [1.807, 2.05) is 47.0 Å². The highest BCUT2D eigenvalue weighted by atomic mass is 32.3. The van der Waals surface area contributed by atoms with Crippen molar-refractivity contribution in [2.75, 3.05) is 23.0 Å². The van der Waals surface area contributed by atoms with E-state index in [0.29, 0.717) is 0 Å². The summed E-state index contributed by atoms with van der Waals surface area (Å²) in [6.45, 7) is 0. The van der Waals surface area contributed by atoms with E-state index >= 15 is 0 Å². The summed E-state index contributed by atoms with van der Waals surface area (Å²) in [5.74, 6) is 5.30. The van der Waals surface area contributed by atoms with E-state index in [2.05, 4.69) is 35.3 Å². The summed E-state index contributed by atoms with van der Waals surface area (Å²) < 4.78 is 9.46. The van der Waals surface area contributed by atoms with Crippen LogP contribution in [0.15, 0.2) is 25.4 Å². The summed E-state index contributed by atoms with van der Waals surface area (Å²) in [5.41, 5.74) is 0. The largest absolute Gasteiger partial charge is 0.206 e. The SMILES string of the molecule is C1CSC(=C2SC3=C(S2)SC(=C2SCCC[SH+]2)S3)SC1. The van der Waals surface area contributed by atoms with Crippen molar-refractivity contribution in [3.05, 3.63) is 25.4 Å². The third-order valence-corrected chi connectivity index (χ3v) is 14.9. The van der Waals surface area contributed by atoms with Gasteiger partial charge in [-0.3, -0.25) is 0 Å². The highest BCUT2D eigenvalue weighted by Gasteiger charge is 2.36. The van der Waals surface area contributed by atoms with Gasteiger partial charge >= 0.3 is 0 Å². The van der Waals surface area contributed by atoms with E-state index in [9.17, 15) is 0 Å². The molecule has 20 heavy (non-hydrogen) atoms. The lowest BCUT2D eigenvalue weighted by molar-refractivity contribution is 1.12. The smallest absolute Gasteiger partial charge is 0.118 e. The van der Waals surface area contributed by atoms with Crippen molar-refractivity contribution in [2.45, 2.75) is 12.8 Å². The Morgan fingerprint density at radius 1 is 0.600 bits per heavy atom. The van der Waals surface area contributed by atoms with Crippen LogP contribution in [0.1, 0.15) is 12.8 Å². The monoisotopic (exact) mass is 413 g/mol. The second-order valence-electron chi connectivity index (χ2n) is 4.28. The van der Waals surface area contributed by atoms with Crippen LogP contribution in [-0.4, -0.2) is 23.0 Å². The van der Waals surface area contributed by atoms with Crippen molar-refractivity contribution < 1.29 is 0 Å². The fourth-order valence-corrected chi connectivity index (χ4v) is 14.6. The highest BCUT2D eigenvalue weighted by molar-refractivity contribution is 8.49. The van der Waals surface area contributed by atoms with E-state index in [-0.39, 0.29) is 0 Å². The Hall–Kier alpha value is 2.02. The molecule has 4 rings (SSSR count). The number of rotatable bonds is 0. The van der Waals surface area contributed by atoms with Crippen LogP contribution in [0.5, 0.6) is 0 Å². The van der Waals surface area contributed by atoms with Crippen molar-refractivity contribution in [3.63, 3.8) is 0 Å². The predicted octanol–water partition coefficient (Wildman–Crippen LogP) is 6.15. The molecule has 0 unspecified atom stereocenters. The van der Waals surface area contributed by atoms with Crippen LogP contribution in [0.25, 0.3) is 0 Å². The van der Waals surface area contributed by atoms with E-state index in [1.165, 1.54) is 35.9 Å². The van der Waals surface area contributed by atoms with Crippen LogP contribution in [-0.2, 0) is 11.8 Å². The van der Waals surface area contributed by atoms with Gasteiger partial charge in [0, 0.05) is 23.9 Å². The molecule has 8 heteroatoms. The molecule has 2 saturated heterocycles. The van der Waals surface area contributed by atoms with Gasteiger partial charge in [-0.25, -0.2) is 0 Å². The Bertz CT molecular complexity index is 436. The van der Waals surface area contributed by atoms with Crippen LogP contribution in [0, 0.1) is 0 Å². The molecule has 108 valence electrons. The second-order valence-corrected chi connectivity index (χ2v) is 14.5. The first-order chi connectivity index (χ1) is 9.90. The predicted molar refractivity (Wildman–Crippen MR) is 112 cm³/mol. The molecule has 0 spiro atoms. The van der Waals surface area contributed by atoms with Crippen molar-refractivity contribution in [2.24, 2.45) is 0 Å². The maximum atomic E-state index is 2.09. The van der Waals surface area contributed by atoms with Gasteiger partial charge in [0.1, 0.15) is 9.99 Å². The highest BCUT2D eigenvalue weighted by Crippen LogP contribution is 2.69. The zero-order chi connectivity index (χ0) is 13.4. The van der Waals surface area contributed by atoms with Gasteiger partial charge in [0.25, 0.3) is 0 Å². The summed E-state index contributed by atoms with van der Waals surface area (Å²) in [4.78, 5) is 0. The summed E-state index contributed by atoms with van der Waals surface area (Å²) >= 11 is 15.9. The molecule has 0 atom stereocenters. The van der Waals surface area contributed by atoms with Crippen LogP contribution in [0.2, 0.25) is 0 Å². The molecule has 0 bridgehead atoms. The number of thiol groups is 1. The lowest BCUT2D eigenvalue weighted by atomic mass is 10.6. The zero-order valence-electron chi connectivity index (χ0n) is 10.5. The van der Waals surface area contributed by atoms with Crippen LogP contribution >= 0.6 is 82.3 Å². The standard InChI is InChI=1S/C12H12S8/c1-3-13-7(14-4-1)9-17-11-12(18-9)20-10(19-11)8-15-5-2-6-16-8/h1-6H2/p+1. The van der Waals surface area contributed by atoms with Crippen LogP contribution in [0.4, 0.5) is 0 Å². The molecule has 0 saturated carbocycles.